The molecule has 0 bridgehead atoms. The van der Waals surface area contributed by atoms with Crippen LogP contribution in [0.2, 0.25) is 0 Å². The Morgan fingerprint density at radius 1 is 0.224 bits per heavy atom. The molecule has 0 saturated carbocycles. The maximum Gasteiger partial charge on any atom is 0.0725 e. The van der Waals surface area contributed by atoms with Crippen molar-refractivity contribution in [3.8, 4) is 44.5 Å². The standard InChI is InChI=1S/C49H30/c1-2-13-31(14-3-1)32-15-12-16-33(27-32)34-25-26-41-39-21-8-10-23-45(39)49(47(41)28-34)46-24-11-9-22-40(46)44-29-42-37-19-6-4-17-35(37)36-18-5-7-20-38(36)43(42)30-48(44)49/h1-30H. The maximum atomic E-state index is 2.55. The van der Waals surface area contributed by atoms with E-state index in [1.807, 2.05) is 0 Å². The van der Waals surface area contributed by atoms with Crippen LogP contribution in [0.4, 0.5) is 0 Å². The molecular formula is C49H30. The summed E-state index contributed by atoms with van der Waals surface area (Å²) in [5.41, 5.74) is 15.3. The van der Waals surface area contributed by atoms with Crippen LogP contribution in [-0.4, -0.2) is 0 Å². The van der Waals surface area contributed by atoms with Crippen LogP contribution in [0, 0.1) is 0 Å². The van der Waals surface area contributed by atoms with E-state index in [9.17, 15) is 0 Å². The van der Waals surface area contributed by atoms with Gasteiger partial charge in [-0.1, -0.05) is 158 Å². The molecule has 1 unspecified atom stereocenters. The average molecular weight is 619 g/mol. The van der Waals surface area contributed by atoms with Gasteiger partial charge in [0.25, 0.3) is 0 Å². The quantitative estimate of drug-likeness (QED) is 0.169. The summed E-state index contributed by atoms with van der Waals surface area (Å²) in [6.07, 6.45) is 0. The Kier molecular flexibility index (Phi) is 5.41. The Morgan fingerprint density at radius 2 is 0.673 bits per heavy atom. The molecule has 0 heteroatoms. The van der Waals surface area contributed by atoms with Crippen LogP contribution in [0.1, 0.15) is 22.3 Å². The summed E-state index contributed by atoms with van der Waals surface area (Å²) in [6.45, 7) is 0. The molecule has 2 aliphatic rings. The molecule has 0 aromatic heterocycles. The van der Waals surface area contributed by atoms with Gasteiger partial charge in [-0.05, 0) is 123 Å². The van der Waals surface area contributed by atoms with Gasteiger partial charge in [-0.3, -0.25) is 0 Å². The second-order valence-corrected chi connectivity index (χ2v) is 13.6. The Balaban J connectivity index is 1.25. The van der Waals surface area contributed by atoms with Gasteiger partial charge in [0.1, 0.15) is 0 Å². The lowest BCUT2D eigenvalue weighted by Crippen LogP contribution is -2.25. The number of rotatable bonds is 2. The molecule has 226 valence electrons. The highest BCUT2D eigenvalue weighted by Crippen LogP contribution is 2.64. The third-order valence-electron chi connectivity index (χ3n) is 11.3. The normalized spacial score (nSPS) is 15.4. The number of hydrogen-bond acceptors (Lipinski definition) is 0. The van der Waals surface area contributed by atoms with Gasteiger partial charge < -0.3 is 0 Å². The molecule has 9 aromatic carbocycles. The predicted octanol–water partition coefficient (Wildman–Crippen LogP) is 12.8. The van der Waals surface area contributed by atoms with Crippen molar-refractivity contribution < 1.29 is 0 Å². The summed E-state index contributed by atoms with van der Waals surface area (Å²) < 4.78 is 0. The second kappa shape index (κ2) is 9.89. The Morgan fingerprint density at radius 3 is 1.35 bits per heavy atom. The van der Waals surface area contributed by atoms with E-state index in [2.05, 4.69) is 182 Å². The summed E-state index contributed by atoms with van der Waals surface area (Å²) in [5, 5.41) is 7.87. The molecule has 0 nitrogen and oxygen atoms in total. The van der Waals surface area contributed by atoms with E-state index in [0.29, 0.717) is 0 Å². The van der Waals surface area contributed by atoms with Gasteiger partial charge in [0.05, 0.1) is 5.41 Å². The van der Waals surface area contributed by atoms with Gasteiger partial charge in [-0.25, -0.2) is 0 Å². The first-order valence-electron chi connectivity index (χ1n) is 17.2. The van der Waals surface area contributed by atoms with Crippen LogP contribution >= 0.6 is 0 Å². The van der Waals surface area contributed by atoms with Crippen LogP contribution in [0.25, 0.3) is 76.8 Å². The summed E-state index contributed by atoms with van der Waals surface area (Å²) in [7, 11) is 0. The second-order valence-electron chi connectivity index (χ2n) is 13.6. The Labute approximate surface area is 285 Å². The van der Waals surface area contributed by atoms with Crippen molar-refractivity contribution in [1.82, 2.24) is 0 Å². The van der Waals surface area contributed by atoms with Crippen LogP contribution in [0.3, 0.4) is 0 Å². The molecule has 1 atom stereocenters. The molecule has 9 aromatic rings. The van der Waals surface area contributed by atoms with Crippen LogP contribution < -0.4 is 0 Å². The van der Waals surface area contributed by atoms with Crippen molar-refractivity contribution in [2.45, 2.75) is 5.41 Å². The molecule has 11 rings (SSSR count). The van der Waals surface area contributed by atoms with Gasteiger partial charge >= 0.3 is 0 Å². The first-order chi connectivity index (χ1) is 24.3. The third-order valence-corrected chi connectivity index (χ3v) is 11.3. The number of hydrogen-bond donors (Lipinski definition) is 0. The lowest BCUT2D eigenvalue weighted by molar-refractivity contribution is 0.795. The van der Waals surface area contributed by atoms with Crippen molar-refractivity contribution in [2.24, 2.45) is 0 Å². The largest absolute Gasteiger partial charge is 0.0725 e. The van der Waals surface area contributed by atoms with Crippen molar-refractivity contribution in [1.29, 1.82) is 0 Å². The van der Waals surface area contributed by atoms with Crippen molar-refractivity contribution in [3.63, 3.8) is 0 Å². The minimum Gasteiger partial charge on any atom is -0.0622 e. The fraction of sp³-hybridized carbons (Fsp3) is 0.0204. The summed E-state index contributed by atoms with van der Waals surface area (Å²) in [5.74, 6) is 0. The van der Waals surface area contributed by atoms with Gasteiger partial charge in [-0.2, -0.15) is 0 Å². The first kappa shape index (κ1) is 26.8. The van der Waals surface area contributed by atoms with E-state index in [4.69, 9.17) is 0 Å². The molecule has 0 amide bonds. The lowest BCUT2D eigenvalue weighted by Gasteiger charge is -2.31. The minimum atomic E-state index is -0.425. The van der Waals surface area contributed by atoms with Crippen LogP contribution in [-0.2, 0) is 5.41 Å². The van der Waals surface area contributed by atoms with Gasteiger partial charge in [0.2, 0.25) is 0 Å². The van der Waals surface area contributed by atoms with E-state index in [1.54, 1.807) is 0 Å². The van der Waals surface area contributed by atoms with Gasteiger partial charge in [0.15, 0.2) is 0 Å². The van der Waals surface area contributed by atoms with E-state index in [0.717, 1.165) is 0 Å². The van der Waals surface area contributed by atoms with Crippen LogP contribution in [0.5, 0.6) is 0 Å². The highest BCUT2D eigenvalue weighted by molar-refractivity contribution is 6.26. The molecule has 0 fully saturated rings. The Bertz CT molecular complexity index is 2820. The lowest BCUT2D eigenvalue weighted by atomic mass is 9.70. The molecule has 2 aliphatic carbocycles. The first-order valence-corrected chi connectivity index (χ1v) is 17.2. The number of fused-ring (bicyclic) bond motifs is 16. The van der Waals surface area contributed by atoms with Crippen molar-refractivity contribution in [2.75, 3.05) is 0 Å². The Hall–Kier alpha value is -6.24. The summed E-state index contributed by atoms with van der Waals surface area (Å²) >= 11 is 0. The molecule has 1 spiro atoms. The van der Waals surface area contributed by atoms with E-state index >= 15 is 0 Å². The molecule has 0 aliphatic heterocycles. The summed E-state index contributed by atoms with van der Waals surface area (Å²) in [4.78, 5) is 0. The number of benzene rings is 9. The summed E-state index contributed by atoms with van der Waals surface area (Å²) in [6, 6.07) is 68.1. The molecule has 49 heavy (non-hydrogen) atoms. The fourth-order valence-corrected chi connectivity index (χ4v) is 9.22. The fourth-order valence-electron chi connectivity index (χ4n) is 9.22. The minimum absolute atomic E-state index is 0.425. The zero-order valence-electron chi connectivity index (χ0n) is 26.8. The van der Waals surface area contributed by atoms with E-state index < -0.39 is 5.41 Å². The molecule has 0 saturated heterocycles. The maximum absolute atomic E-state index is 2.55. The van der Waals surface area contributed by atoms with Gasteiger partial charge in [-0.15, -0.1) is 0 Å². The predicted molar refractivity (Wildman–Crippen MR) is 206 cm³/mol. The topological polar surface area (TPSA) is 0 Å². The monoisotopic (exact) mass is 618 g/mol. The van der Waals surface area contributed by atoms with E-state index in [1.165, 1.54) is 99.1 Å². The van der Waals surface area contributed by atoms with Crippen molar-refractivity contribution >= 4 is 32.3 Å². The highest BCUT2D eigenvalue weighted by Gasteiger charge is 2.51. The molecule has 0 N–H and O–H groups in total. The molecular weight excluding hydrogens is 589 g/mol. The van der Waals surface area contributed by atoms with Crippen LogP contribution in [0.15, 0.2) is 182 Å². The highest BCUT2D eigenvalue weighted by atomic mass is 14.5. The zero-order valence-corrected chi connectivity index (χ0v) is 26.8. The average Bonchev–Trinajstić information content (AvgIpc) is 3.64. The SMILES string of the molecule is c1ccc(-c2cccc(-c3ccc4c(c3)C3(c5ccccc5-4)c4ccccc4-c4cc5c6ccccc6c6ccccc6c5cc43)c2)cc1. The molecule has 0 radical (unpaired) electrons. The zero-order chi connectivity index (χ0) is 32.1. The third kappa shape index (κ3) is 3.53. The molecule has 0 heterocycles. The van der Waals surface area contributed by atoms with Gasteiger partial charge in [0, 0.05) is 0 Å². The van der Waals surface area contributed by atoms with Crippen molar-refractivity contribution in [3.05, 3.63) is 204 Å². The smallest absolute Gasteiger partial charge is 0.0622 e. The van der Waals surface area contributed by atoms with E-state index in [-0.39, 0.29) is 0 Å².